The van der Waals surface area contributed by atoms with Gasteiger partial charge in [-0.3, -0.25) is 4.79 Å². The lowest BCUT2D eigenvalue weighted by molar-refractivity contribution is 0.102. The molecule has 0 unspecified atom stereocenters. The van der Waals surface area contributed by atoms with E-state index < -0.39 is 0 Å². The molecule has 0 fully saturated rings. The van der Waals surface area contributed by atoms with Gasteiger partial charge in [0.2, 0.25) is 0 Å². The summed E-state index contributed by atoms with van der Waals surface area (Å²) in [6, 6.07) is 15.5. The molecule has 0 radical (unpaired) electrons. The lowest BCUT2D eigenvalue weighted by Crippen LogP contribution is -2.13. The average Bonchev–Trinajstić information content (AvgIpc) is 2.47. The molecule has 3 rings (SSSR count). The Morgan fingerprint density at radius 2 is 1.61 bits per heavy atom. The molecule has 1 amide bonds. The molecule has 0 bridgehead atoms. The average molecular weight is 238 g/mol. The molecule has 0 aromatic heterocycles. The molecule has 18 heavy (non-hydrogen) atoms. The smallest absolute Gasteiger partial charge is 0.257 e. The summed E-state index contributed by atoms with van der Waals surface area (Å²) in [4.78, 5) is 12.2. The van der Waals surface area contributed by atoms with Gasteiger partial charge in [0.05, 0.1) is 5.56 Å². The van der Waals surface area contributed by atoms with Gasteiger partial charge in [-0.05, 0) is 30.2 Å². The summed E-state index contributed by atoms with van der Waals surface area (Å²) in [5.74, 6) is -0.0625. The van der Waals surface area contributed by atoms with Gasteiger partial charge >= 0.3 is 0 Å². The van der Waals surface area contributed by atoms with E-state index in [4.69, 9.17) is 0 Å². The van der Waals surface area contributed by atoms with Crippen LogP contribution in [0.5, 0.6) is 0 Å². The lowest BCUT2D eigenvalue weighted by atomic mass is 10.1. The molecule has 2 N–H and O–H groups in total. The van der Waals surface area contributed by atoms with Crippen molar-refractivity contribution >= 4 is 17.3 Å². The van der Waals surface area contributed by atoms with Crippen molar-refractivity contribution in [1.82, 2.24) is 0 Å². The summed E-state index contributed by atoms with van der Waals surface area (Å²) in [5, 5.41) is 6.30. The van der Waals surface area contributed by atoms with Gasteiger partial charge in [0.25, 0.3) is 5.91 Å². The largest absolute Gasteiger partial charge is 0.384 e. The van der Waals surface area contributed by atoms with E-state index in [-0.39, 0.29) is 5.91 Å². The van der Waals surface area contributed by atoms with Gasteiger partial charge in [-0.2, -0.15) is 0 Å². The minimum atomic E-state index is -0.0625. The fourth-order valence-electron chi connectivity index (χ4n) is 2.22. The van der Waals surface area contributed by atoms with Crippen LogP contribution in [-0.4, -0.2) is 12.5 Å². The summed E-state index contributed by atoms with van der Waals surface area (Å²) in [5.41, 5.74) is 3.64. The number of nitrogens with one attached hydrogen (secondary N) is 2. The van der Waals surface area contributed by atoms with Gasteiger partial charge < -0.3 is 10.6 Å². The second-order valence-corrected chi connectivity index (χ2v) is 4.33. The number of hydrogen-bond donors (Lipinski definition) is 2. The number of carbonyl (C=O) groups excluding carboxylic acids is 1. The van der Waals surface area contributed by atoms with Crippen LogP contribution < -0.4 is 10.6 Å². The summed E-state index contributed by atoms with van der Waals surface area (Å²) in [7, 11) is 0. The van der Waals surface area contributed by atoms with Gasteiger partial charge in [0.15, 0.2) is 0 Å². The molecule has 0 aliphatic carbocycles. The Kier molecular flexibility index (Phi) is 2.73. The minimum Gasteiger partial charge on any atom is -0.384 e. The van der Waals surface area contributed by atoms with Gasteiger partial charge in [-0.1, -0.05) is 30.3 Å². The van der Waals surface area contributed by atoms with E-state index in [0.29, 0.717) is 5.56 Å². The van der Waals surface area contributed by atoms with Crippen molar-refractivity contribution in [3.63, 3.8) is 0 Å². The van der Waals surface area contributed by atoms with Crippen molar-refractivity contribution in [2.45, 2.75) is 6.42 Å². The van der Waals surface area contributed by atoms with Crippen molar-refractivity contribution in [3.05, 3.63) is 59.7 Å². The molecule has 1 aliphatic rings. The Balaban J connectivity index is 2.04. The number of anilines is 2. The molecular weight excluding hydrogens is 224 g/mol. The molecule has 1 aliphatic heterocycles. The van der Waals surface area contributed by atoms with E-state index in [2.05, 4.69) is 10.6 Å². The topological polar surface area (TPSA) is 41.1 Å². The standard InChI is InChI=1S/C15H14N2O/c18-15-12-6-2-4-8-14(12)16-10-9-11-5-1-3-7-13(11)17-15/h1-8,16H,9-10H2,(H,17,18). The summed E-state index contributed by atoms with van der Waals surface area (Å²) < 4.78 is 0. The van der Waals surface area contributed by atoms with E-state index in [1.54, 1.807) is 0 Å². The normalized spacial score (nSPS) is 14.1. The molecule has 2 aromatic rings. The van der Waals surface area contributed by atoms with Crippen LogP contribution in [0.1, 0.15) is 15.9 Å². The van der Waals surface area contributed by atoms with Crippen LogP contribution in [0.15, 0.2) is 48.5 Å². The van der Waals surface area contributed by atoms with Crippen molar-refractivity contribution in [2.24, 2.45) is 0 Å². The Morgan fingerprint density at radius 1 is 0.889 bits per heavy atom. The van der Waals surface area contributed by atoms with Crippen molar-refractivity contribution in [1.29, 1.82) is 0 Å². The predicted molar refractivity (Wildman–Crippen MR) is 73.0 cm³/mol. The van der Waals surface area contributed by atoms with Crippen LogP contribution in [0.4, 0.5) is 11.4 Å². The van der Waals surface area contributed by atoms with Crippen LogP contribution in [0.25, 0.3) is 0 Å². The molecule has 2 aromatic carbocycles. The van der Waals surface area contributed by atoms with E-state index in [0.717, 1.165) is 29.9 Å². The molecule has 0 saturated carbocycles. The molecule has 3 nitrogen and oxygen atoms in total. The highest BCUT2D eigenvalue weighted by Gasteiger charge is 2.14. The first-order valence-electron chi connectivity index (χ1n) is 6.07. The number of fused-ring (bicyclic) bond motifs is 2. The van der Waals surface area contributed by atoms with Crippen molar-refractivity contribution < 1.29 is 4.79 Å². The van der Waals surface area contributed by atoms with E-state index in [1.807, 2.05) is 48.5 Å². The lowest BCUT2D eigenvalue weighted by Gasteiger charge is -2.09. The Bertz CT molecular complexity index is 593. The Hall–Kier alpha value is -2.29. The monoisotopic (exact) mass is 238 g/mol. The third-order valence-electron chi connectivity index (χ3n) is 3.15. The van der Waals surface area contributed by atoms with Gasteiger partial charge in [-0.15, -0.1) is 0 Å². The minimum absolute atomic E-state index is 0.0625. The van der Waals surface area contributed by atoms with E-state index in [1.165, 1.54) is 0 Å². The Labute approximate surface area is 106 Å². The first-order valence-corrected chi connectivity index (χ1v) is 6.07. The molecule has 0 saturated heterocycles. The number of rotatable bonds is 0. The third-order valence-corrected chi connectivity index (χ3v) is 3.15. The quantitative estimate of drug-likeness (QED) is 0.741. The van der Waals surface area contributed by atoms with E-state index >= 15 is 0 Å². The number of hydrogen-bond acceptors (Lipinski definition) is 2. The number of carbonyl (C=O) groups is 1. The van der Waals surface area contributed by atoms with Crippen molar-refractivity contribution in [3.8, 4) is 0 Å². The highest BCUT2D eigenvalue weighted by molar-refractivity contribution is 6.08. The van der Waals surface area contributed by atoms with Crippen LogP contribution >= 0.6 is 0 Å². The van der Waals surface area contributed by atoms with Gasteiger partial charge in [0.1, 0.15) is 0 Å². The SMILES string of the molecule is O=C1Nc2ccccc2CCNc2ccccc21. The molecule has 1 heterocycles. The number of benzene rings is 2. The van der Waals surface area contributed by atoms with Crippen LogP contribution in [-0.2, 0) is 6.42 Å². The number of para-hydroxylation sites is 2. The number of amides is 1. The summed E-state index contributed by atoms with van der Waals surface area (Å²) in [6.07, 6.45) is 0.894. The van der Waals surface area contributed by atoms with Gasteiger partial charge in [-0.25, -0.2) is 0 Å². The van der Waals surface area contributed by atoms with Crippen LogP contribution in [0.3, 0.4) is 0 Å². The maximum absolute atomic E-state index is 12.2. The molecule has 3 heteroatoms. The summed E-state index contributed by atoms with van der Waals surface area (Å²) in [6.45, 7) is 0.822. The maximum Gasteiger partial charge on any atom is 0.257 e. The molecule has 0 spiro atoms. The summed E-state index contributed by atoms with van der Waals surface area (Å²) >= 11 is 0. The van der Waals surface area contributed by atoms with Crippen LogP contribution in [0, 0.1) is 0 Å². The van der Waals surface area contributed by atoms with Crippen molar-refractivity contribution in [2.75, 3.05) is 17.2 Å². The molecule has 90 valence electrons. The second-order valence-electron chi connectivity index (χ2n) is 4.33. The highest BCUT2D eigenvalue weighted by atomic mass is 16.1. The molecular formula is C15H14N2O. The van der Waals surface area contributed by atoms with E-state index in [9.17, 15) is 4.79 Å². The highest BCUT2D eigenvalue weighted by Crippen LogP contribution is 2.22. The second kappa shape index (κ2) is 4.53. The predicted octanol–water partition coefficient (Wildman–Crippen LogP) is 2.91. The fraction of sp³-hybridized carbons (Fsp3) is 0.133. The Morgan fingerprint density at radius 3 is 2.50 bits per heavy atom. The first-order chi connectivity index (χ1) is 8.84. The molecule has 0 atom stereocenters. The zero-order chi connectivity index (χ0) is 12.4. The third kappa shape index (κ3) is 1.95. The van der Waals surface area contributed by atoms with Gasteiger partial charge in [0, 0.05) is 17.9 Å². The first kappa shape index (κ1) is 10.8. The maximum atomic E-state index is 12.2. The zero-order valence-electron chi connectivity index (χ0n) is 9.94. The fourth-order valence-corrected chi connectivity index (χ4v) is 2.22. The van der Waals surface area contributed by atoms with Crippen LogP contribution in [0.2, 0.25) is 0 Å². The zero-order valence-corrected chi connectivity index (χ0v) is 9.94.